The van der Waals surface area contributed by atoms with E-state index in [4.69, 9.17) is 33.7 Å². The van der Waals surface area contributed by atoms with Gasteiger partial charge >= 0.3 is 0 Å². The van der Waals surface area contributed by atoms with Gasteiger partial charge in [0, 0.05) is 24.5 Å². The summed E-state index contributed by atoms with van der Waals surface area (Å²) in [4.78, 5) is 14.2. The average molecular weight is 332 g/mol. The van der Waals surface area contributed by atoms with Crippen molar-refractivity contribution in [3.05, 3.63) is 22.2 Å². The van der Waals surface area contributed by atoms with Crippen LogP contribution in [0.3, 0.4) is 0 Å². The lowest BCUT2D eigenvalue weighted by molar-refractivity contribution is -0.116. The quantitative estimate of drug-likeness (QED) is 0.814. The molecule has 0 atom stereocenters. The first-order chi connectivity index (χ1) is 10.1. The van der Waals surface area contributed by atoms with E-state index in [1.807, 2.05) is 0 Å². The summed E-state index contributed by atoms with van der Waals surface area (Å²) in [5.41, 5.74) is 6.61. The second-order valence-corrected chi connectivity index (χ2v) is 5.80. The van der Waals surface area contributed by atoms with Crippen LogP contribution in [0.5, 0.6) is 0 Å². The maximum absolute atomic E-state index is 11.9. The number of carbonyl (C=O) groups is 1. The van der Waals surface area contributed by atoms with Crippen molar-refractivity contribution in [1.82, 2.24) is 4.90 Å². The van der Waals surface area contributed by atoms with Gasteiger partial charge in [0.2, 0.25) is 5.91 Å². The molecule has 3 N–H and O–H groups in total. The summed E-state index contributed by atoms with van der Waals surface area (Å²) in [6.45, 7) is 4.28. The van der Waals surface area contributed by atoms with Gasteiger partial charge in [0.05, 0.1) is 29.6 Å². The average Bonchev–Trinajstić information content (AvgIpc) is 2.44. The second kappa shape index (κ2) is 7.84. The van der Waals surface area contributed by atoms with Crippen LogP contribution in [-0.4, -0.2) is 43.7 Å². The normalized spacial score (nSPS) is 15.9. The highest BCUT2D eigenvalue weighted by Crippen LogP contribution is 2.32. The second-order valence-electron chi connectivity index (χ2n) is 4.96. The molecule has 0 saturated carbocycles. The molecule has 0 radical (unpaired) electrons. The molecular formula is C14H19Cl2N3O2. The Bertz CT molecular complexity index is 482. The molecule has 1 amide bonds. The number of nitrogens with zero attached hydrogens (tertiary/aromatic N) is 1. The lowest BCUT2D eigenvalue weighted by atomic mass is 10.2. The topological polar surface area (TPSA) is 67.6 Å². The van der Waals surface area contributed by atoms with E-state index in [-0.39, 0.29) is 5.91 Å². The van der Waals surface area contributed by atoms with E-state index >= 15 is 0 Å². The van der Waals surface area contributed by atoms with E-state index in [1.54, 1.807) is 12.1 Å². The smallest absolute Gasteiger partial charge is 0.224 e. The zero-order valence-corrected chi connectivity index (χ0v) is 13.2. The lowest BCUT2D eigenvalue weighted by Gasteiger charge is -2.26. The van der Waals surface area contributed by atoms with Gasteiger partial charge in [-0.05, 0) is 25.1 Å². The van der Waals surface area contributed by atoms with Crippen LogP contribution in [0.2, 0.25) is 10.0 Å². The third-order valence-corrected chi connectivity index (χ3v) is 3.85. The molecule has 0 bridgehead atoms. The van der Waals surface area contributed by atoms with E-state index in [2.05, 4.69) is 10.2 Å². The van der Waals surface area contributed by atoms with Crippen LogP contribution >= 0.6 is 23.2 Å². The standard InChI is InChI=1S/C14H19Cl2N3O2/c15-10-8-11(16)14(12(17)9-10)18-13(20)2-1-3-19-4-6-21-7-5-19/h8-9H,1-7,17H2,(H,18,20). The Morgan fingerprint density at radius 3 is 2.71 bits per heavy atom. The molecule has 2 rings (SSSR count). The summed E-state index contributed by atoms with van der Waals surface area (Å²) in [7, 11) is 0. The Morgan fingerprint density at radius 2 is 2.05 bits per heavy atom. The minimum Gasteiger partial charge on any atom is -0.397 e. The molecule has 5 nitrogen and oxygen atoms in total. The molecule has 1 aliphatic rings. The highest BCUT2D eigenvalue weighted by molar-refractivity contribution is 6.37. The SMILES string of the molecule is Nc1cc(Cl)cc(Cl)c1NC(=O)CCCN1CCOCC1. The number of amides is 1. The molecule has 1 fully saturated rings. The number of hydrogen-bond donors (Lipinski definition) is 2. The van der Waals surface area contributed by atoms with Gasteiger partial charge < -0.3 is 15.8 Å². The van der Waals surface area contributed by atoms with Crippen molar-refractivity contribution in [2.75, 3.05) is 43.9 Å². The number of carbonyl (C=O) groups excluding carboxylic acids is 1. The zero-order chi connectivity index (χ0) is 15.2. The monoisotopic (exact) mass is 331 g/mol. The van der Waals surface area contributed by atoms with Gasteiger partial charge in [-0.2, -0.15) is 0 Å². The summed E-state index contributed by atoms with van der Waals surface area (Å²) >= 11 is 11.9. The molecule has 7 heteroatoms. The van der Waals surface area contributed by atoms with Crippen molar-refractivity contribution < 1.29 is 9.53 Å². The molecule has 1 heterocycles. The van der Waals surface area contributed by atoms with Crippen molar-refractivity contribution in [1.29, 1.82) is 0 Å². The van der Waals surface area contributed by atoms with Crippen LogP contribution in [0.25, 0.3) is 0 Å². The number of halogens is 2. The van der Waals surface area contributed by atoms with Gasteiger partial charge in [-0.3, -0.25) is 9.69 Å². The van der Waals surface area contributed by atoms with Crippen molar-refractivity contribution in [3.63, 3.8) is 0 Å². The van der Waals surface area contributed by atoms with E-state index in [9.17, 15) is 4.79 Å². The Kier molecular flexibility index (Phi) is 6.11. The Balaban J connectivity index is 1.79. The van der Waals surface area contributed by atoms with Gasteiger partial charge in [0.1, 0.15) is 0 Å². The number of nitrogen functional groups attached to an aromatic ring is 1. The minimum atomic E-state index is -0.0980. The maximum atomic E-state index is 11.9. The predicted octanol–water partition coefficient (Wildman–Crippen LogP) is 2.63. The molecule has 0 aliphatic carbocycles. The molecule has 0 unspecified atom stereocenters. The van der Waals surface area contributed by atoms with Crippen LogP contribution in [0.4, 0.5) is 11.4 Å². The molecule has 1 saturated heterocycles. The van der Waals surface area contributed by atoms with Gasteiger partial charge in [-0.15, -0.1) is 0 Å². The summed E-state index contributed by atoms with van der Waals surface area (Å²) in [6.07, 6.45) is 1.21. The van der Waals surface area contributed by atoms with E-state index in [1.165, 1.54) is 0 Å². The minimum absolute atomic E-state index is 0.0980. The molecule has 1 aliphatic heterocycles. The van der Waals surface area contributed by atoms with Crippen molar-refractivity contribution in [2.24, 2.45) is 0 Å². The predicted molar refractivity (Wildman–Crippen MR) is 86.0 cm³/mol. The summed E-state index contributed by atoms with van der Waals surface area (Å²) in [5.74, 6) is -0.0980. The number of hydrogen-bond acceptors (Lipinski definition) is 4. The van der Waals surface area contributed by atoms with E-state index < -0.39 is 0 Å². The molecule has 116 valence electrons. The summed E-state index contributed by atoms with van der Waals surface area (Å²) in [5, 5.41) is 3.54. The molecule has 21 heavy (non-hydrogen) atoms. The Morgan fingerprint density at radius 1 is 1.33 bits per heavy atom. The number of benzene rings is 1. The number of nitrogens with two attached hydrogens (primary N) is 1. The number of nitrogens with one attached hydrogen (secondary N) is 1. The van der Waals surface area contributed by atoms with Crippen molar-refractivity contribution >= 4 is 40.5 Å². The number of anilines is 2. The molecular weight excluding hydrogens is 313 g/mol. The summed E-state index contributed by atoms with van der Waals surface area (Å²) < 4.78 is 5.28. The first kappa shape index (κ1) is 16.4. The highest BCUT2D eigenvalue weighted by Gasteiger charge is 2.13. The van der Waals surface area contributed by atoms with Crippen molar-refractivity contribution in [3.8, 4) is 0 Å². The fourth-order valence-corrected chi connectivity index (χ4v) is 2.77. The molecule has 1 aromatic rings. The van der Waals surface area contributed by atoms with Crippen LogP contribution in [0.1, 0.15) is 12.8 Å². The van der Waals surface area contributed by atoms with Gasteiger partial charge in [-0.1, -0.05) is 23.2 Å². The third-order valence-electron chi connectivity index (χ3n) is 3.33. The Hall–Kier alpha value is -1.01. The first-order valence-electron chi connectivity index (χ1n) is 6.91. The fourth-order valence-electron chi connectivity index (χ4n) is 2.22. The van der Waals surface area contributed by atoms with Crippen LogP contribution in [0.15, 0.2) is 12.1 Å². The number of morpholine rings is 1. The van der Waals surface area contributed by atoms with E-state index in [0.29, 0.717) is 27.8 Å². The largest absolute Gasteiger partial charge is 0.397 e. The fraction of sp³-hybridized carbons (Fsp3) is 0.500. The Labute approximate surface area is 134 Å². The lowest BCUT2D eigenvalue weighted by Crippen LogP contribution is -2.37. The highest BCUT2D eigenvalue weighted by atomic mass is 35.5. The van der Waals surface area contributed by atoms with Gasteiger partial charge in [-0.25, -0.2) is 0 Å². The summed E-state index contributed by atoms with van der Waals surface area (Å²) in [6, 6.07) is 3.12. The third kappa shape index (κ3) is 5.04. The van der Waals surface area contributed by atoms with Gasteiger partial charge in [0.15, 0.2) is 0 Å². The van der Waals surface area contributed by atoms with Crippen LogP contribution in [-0.2, 0) is 9.53 Å². The maximum Gasteiger partial charge on any atom is 0.224 e. The van der Waals surface area contributed by atoms with E-state index in [0.717, 1.165) is 39.3 Å². The van der Waals surface area contributed by atoms with Crippen LogP contribution in [0, 0.1) is 0 Å². The number of ether oxygens (including phenoxy) is 1. The zero-order valence-electron chi connectivity index (χ0n) is 11.7. The molecule has 1 aromatic carbocycles. The van der Waals surface area contributed by atoms with Gasteiger partial charge in [0.25, 0.3) is 0 Å². The van der Waals surface area contributed by atoms with Crippen LogP contribution < -0.4 is 11.1 Å². The number of rotatable bonds is 5. The molecule has 0 aromatic heterocycles. The molecule has 0 spiro atoms. The van der Waals surface area contributed by atoms with Crippen molar-refractivity contribution in [2.45, 2.75) is 12.8 Å². The first-order valence-corrected chi connectivity index (χ1v) is 7.66.